The van der Waals surface area contributed by atoms with Gasteiger partial charge < -0.3 is 4.74 Å². The summed E-state index contributed by atoms with van der Waals surface area (Å²) in [5.74, 6) is 0.397. The van der Waals surface area contributed by atoms with Crippen LogP contribution in [-0.4, -0.2) is 23.5 Å². The molecule has 0 aliphatic carbocycles. The summed E-state index contributed by atoms with van der Waals surface area (Å²) in [6, 6.07) is 11.4. The van der Waals surface area contributed by atoms with Crippen LogP contribution >= 0.6 is 0 Å². The molecule has 5 nitrogen and oxygen atoms in total. The van der Waals surface area contributed by atoms with E-state index in [-0.39, 0.29) is 17.5 Å². The van der Waals surface area contributed by atoms with E-state index >= 15 is 0 Å². The molecular weight excluding hydrogens is 311 g/mol. The highest BCUT2D eigenvalue weighted by atomic mass is 19.1. The minimum Gasteiger partial charge on any atom is -0.496 e. The van der Waals surface area contributed by atoms with Crippen molar-refractivity contribution >= 4 is 5.69 Å². The third-order valence-corrected chi connectivity index (χ3v) is 4.47. The lowest BCUT2D eigenvalue weighted by Crippen LogP contribution is -2.23. The van der Waals surface area contributed by atoms with Crippen molar-refractivity contribution in [2.75, 3.05) is 13.7 Å². The van der Waals surface area contributed by atoms with Crippen molar-refractivity contribution in [1.29, 1.82) is 0 Å². The van der Waals surface area contributed by atoms with Gasteiger partial charge in [0.25, 0.3) is 5.69 Å². The minimum absolute atomic E-state index is 0.0586. The van der Waals surface area contributed by atoms with Crippen LogP contribution in [0.3, 0.4) is 0 Å². The van der Waals surface area contributed by atoms with Crippen LogP contribution in [0.5, 0.6) is 5.75 Å². The predicted octanol–water partition coefficient (Wildman–Crippen LogP) is 4.08. The monoisotopic (exact) mass is 330 g/mol. The number of halogens is 1. The molecule has 1 saturated heterocycles. The quantitative estimate of drug-likeness (QED) is 0.612. The van der Waals surface area contributed by atoms with E-state index in [2.05, 4.69) is 4.90 Å². The molecule has 1 heterocycles. The van der Waals surface area contributed by atoms with Gasteiger partial charge in [0.15, 0.2) is 0 Å². The highest BCUT2D eigenvalue weighted by Crippen LogP contribution is 2.35. The standard InChI is InChI=1S/C18H19FN2O3/c1-24-18-9-8-16(21(22)23)11-14(18)12-20-10-2-3-17(20)13-4-6-15(19)7-5-13/h4-9,11,17H,2-3,10,12H2,1H3. The molecule has 0 bridgehead atoms. The van der Waals surface area contributed by atoms with Crippen molar-refractivity contribution in [3.05, 3.63) is 69.5 Å². The Labute approximate surface area is 139 Å². The van der Waals surface area contributed by atoms with E-state index in [1.807, 2.05) is 12.1 Å². The SMILES string of the molecule is COc1ccc([N+](=O)[O-])cc1CN1CCCC1c1ccc(F)cc1. The number of likely N-dealkylation sites (tertiary alicyclic amines) is 1. The summed E-state index contributed by atoms with van der Waals surface area (Å²) in [5, 5.41) is 11.0. The number of nitro benzene ring substituents is 1. The first-order chi connectivity index (χ1) is 11.6. The maximum Gasteiger partial charge on any atom is 0.270 e. The van der Waals surface area contributed by atoms with Gasteiger partial charge in [-0.3, -0.25) is 15.0 Å². The van der Waals surface area contributed by atoms with Gasteiger partial charge in [0.05, 0.1) is 12.0 Å². The molecular formula is C18H19FN2O3. The van der Waals surface area contributed by atoms with Crippen molar-refractivity contribution < 1.29 is 14.1 Å². The summed E-state index contributed by atoms with van der Waals surface area (Å²) in [7, 11) is 1.56. The molecule has 0 N–H and O–H groups in total. The van der Waals surface area contributed by atoms with Crippen LogP contribution in [-0.2, 0) is 6.54 Å². The van der Waals surface area contributed by atoms with Gasteiger partial charge in [-0.2, -0.15) is 0 Å². The Morgan fingerprint density at radius 1 is 1.29 bits per heavy atom. The molecule has 1 fully saturated rings. The lowest BCUT2D eigenvalue weighted by molar-refractivity contribution is -0.385. The maximum absolute atomic E-state index is 13.1. The number of methoxy groups -OCH3 is 1. The molecule has 3 rings (SSSR count). The topological polar surface area (TPSA) is 55.6 Å². The zero-order chi connectivity index (χ0) is 17.1. The number of rotatable bonds is 5. The second kappa shape index (κ2) is 6.97. The van der Waals surface area contributed by atoms with Gasteiger partial charge in [0.2, 0.25) is 0 Å². The lowest BCUT2D eigenvalue weighted by Gasteiger charge is -2.25. The molecule has 2 aromatic rings. The highest BCUT2D eigenvalue weighted by molar-refractivity contribution is 5.44. The highest BCUT2D eigenvalue weighted by Gasteiger charge is 2.27. The normalized spacial score (nSPS) is 17.8. The van der Waals surface area contributed by atoms with Crippen molar-refractivity contribution in [3.63, 3.8) is 0 Å². The Morgan fingerprint density at radius 3 is 2.71 bits per heavy atom. The maximum atomic E-state index is 13.1. The fourth-order valence-electron chi connectivity index (χ4n) is 3.30. The van der Waals surface area contributed by atoms with Crippen LogP contribution < -0.4 is 4.74 Å². The fourth-order valence-corrected chi connectivity index (χ4v) is 3.30. The van der Waals surface area contributed by atoms with Gasteiger partial charge in [-0.05, 0) is 43.1 Å². The summed E-state index contributed by atoms with van der Waals surface area (Å²) in [6.45, 7) is 1.46. The molecule has 0 amide bonds. The first kappa shape index (κ1) is 16.4. The molecule has 0 radical (unpaired) electrons. The fraction of sp³-hybridized carbons (Fsp3) is 0.333. The molecule has 0 spiro atoms. The summed E-state index contributed by atoms with van der Waals surface area (Å²) in [5.41, 5.74) is 1.92. The van der Waals surface area contributed by atoms with Crippen LogP contribution in [0.2, 0.25) is 0 Å². The van der Waals surface area contributed by atoms with Crippen LogP contribution in [0.1, 0.15) is 30.0 Å². The molecule has 1 atom stereocenters. The molecule has 1 aliphatic heterocycles. The minimum atomic E-state index is -0.398. The zero-order valence-electron chi connectivity index (χ0n) is 13.4. The Hall–Kier alpha value is -2.47. The van der Waals surface area contributed by atoms with Crippen LogP contribution in [0.25, 0.3) is 0 Å². The smallest absolute Gasteiger partial charge is 0.270 e. The van der Waals surface area contributed by atoms with Crippen molar-refractivity contribution in [1.82, 2.24) is 4.90 Å². The number of ether oxygens (including phenoxy) is 1. The molecule has 126 valence electrons. The Bertz CT molecular complexity index is 734. The average molecular weight is 330 g/mol. The summed E-state index contributed by atoms with van der Waals surface area (Å²) >= 11 is 0. The molecule has 2 aromatic carbocycles. The molecule has 24 heavy (non-hydrogen) atoms. The van der Waals surface area contributed by atoms with Crippen molar-refractivity contribution in [2.45, 2.75) is 25.4 Å². The lowest BCUT2D eigenvalue weighted by atomic mass is 10.0. The summed E-state index contributed by atoms with van der Waals surface area (Å²) in [4.78, 5) is 12.9. The predicted molar refractivity (Wildman–Crippen MR) is 88.4 cm³/mol. The van der Waals surface area contributed by atoms with E-state index in [4.69, 9.17) is 4.74 Å². The van der Waals surface area contributed by atoms with Gasteiger partial charge in [0.1, 0.15) is 11.6 Å². The number of nitrogens with zero attached hydrogens (tertiary/aromatic N) is 2. The number of benzene rings is 2. The number of non-ortho nitro benzene ring substituents is 1. The average Bonchev–Trinajstić information content (AvgIpc) is 3.03. The van der Waals surface area contributed by atoms with E-state index in [0.29, 0.717) is 12.3 Å². The van der Waals surface area contributed by atoms with Crippen LogP contribution in [0.15, 0.2) is 42.5 Å². The molecule has 1 unspecified atom stereocenters. The van der Waals surface area contributed by atoms with Gasteiger partial charge >= 0.3 is 0 Å². The third-order valence-electron chi connectivity index (χ3n) is 4.47. The summed E-state index contributed by atoms with van der Waals surface area (Å²) in [6.07, 6.45) is 2.03. The molecule has 0 saturated carbocycles. The van der Waals surface area contributed by atoms with E-state index < -0.39 is 4.92 Å². The van der Waals surface area contributed by atoms with Gasteiger partial charge in [-0.1, -0.05) is 12.1 Å². The first-order valence-corrected chi connectivity index (χ1v) is 7.89. The van der Waals surface area contributed by atoms with Gasteiger partial charge in [-0.25, -0.2) is 4.39 Å². The van der Waals surface area contributed by atoms with E-state index in [1.54, 1.807) is 19.2 Å². The second-order valence-electron chi connectivity index (χ2n) is 5.93. The summed E-state index contributed by atoms with van der Waals surface area (Å²) < 4.78 is 18.5. The Balaban J connectivity index is 1.85. The molecule has 1 aliphatic rings. The Kier molecular flexibility index (Phi) is 4.76. The zero-order valence-corrected chi connectivity index (χ0v) is 13.4. The van der Waals surface area contributed by atoms with Crippen molar-refractivity contribution in [3.8, 4) is 5.75 Å². The second-order valence-corrected chi connectivity index (χ2v) is 5.93. The molecule has 0 aromatic heterocycles. The molecule has 6 heteroatoms. The van der Waals surface area contributed by atoms with E-state index in [9.17, 15) is 14.5 Å². The third kappa shape index (κ3) is 3.38. The van der Waals surface area contributed by atoms with E-state index in [0.717, 1.165) is 30.5 Å². The van der Waals surface area contributed by atoms with Gasteiger partial charge in [-0.15, -0.1) is 0 Å². The number of hydrogen-bond acceptors (Lipinski definition) is 4. The van der Waals surface area contributed by atoms with Crippen LogP contribution in [0.4, 0.5) is 10.1 Å². The first-order valence-electron chi connectivity index (χ1n) is 7.89. The number of nitro groups is 1. The van der Waals surface area contributed by atoms with Gasteiger partial charge in [0, 0.05) is 30.3 Å². The van der Waals surface area contributed by atoms with Crippen molar-refractivity contribution in [2.24, 2.45) is 0 Å². The largest absolute Gasteiger partial charge is 0.496 e. The Morgan fingerprint density at radius 2 is 2.04 bits per heavy atom. The van der Waals surface area contributed by atoms with Crippen LogP contribution in [0, 0.1) is 15.9 Å². The van der Waals surface area contributed by atoms with E-state index in [1.165, 1.54) is 18.2 Å². The number of hydrogen-bond donors (Lipinski definition) is 0.